The van der Waals surface area contributed by atoms with Crippen LogP contribution in [0.2, 0.25) is 0 Å². The largest absolute Gasteiger partial charge is 0.298 e. The highest BCUT2D eigenvalue weighted by Crippen LogP contribution is 2.28. The molecular weight excluding hydrogens is 198 g/mol. The second-order valence-corrected chi connectivity index (χ2v) is 2.22. The van der Waals surface area contributed by atoms with Crippen molar-refractivity contribution in [3.8, 4) is 0 Å². The standard InChI is InChI=1S/C7H2F2N2O3/c8-4-1-6(10-3-12)7(11(13)14)2-5(4)9/h1-2H. The van der Waals surface area contributed by atoms with E-state index in [4.69, 9.17) is 0 Å². The van der Waals surface area contributed by atoms with E-state index in [1.807, 2.05) is 0 Å². The second kappa shape index (κ2) is 3.71. The lowest BCUT2D eigenvalue weighted by Gasteiger charge is -1.96. The number of rotatable bonds is 2. The Morgan fingerprint density at radius 3 is 2.43 bits per heavy atom. The quantitative estimate of drug-likeness (QED) is 0.316. The SMILES string of the molecule is O=C=Nc1cc(F)c(F)cc1[N+](=O)[O-]. The molecule has 5 nitrogen and oxygen atoms in total. The van der Waals surface area contributed by atoms with Gasteiger partial charge in [0.05, 0.1) is 11.0 Å². The molecule has 1 aromatic carbocycles. The molecule has 0 atom stereocenters. The number of benzene rings is 1. The molecule has 1 aromatic rings. The molecule has 0 saturated heterocycles. The summed E-state index contributed by atoms with van der Waals surface area (Å²) in [7, 11) is 0. The van der Waals surface area contributed by atoms with E-state index >= 15 is 0 Å². The van der Waals surface area contributed by atoms with Gasteiger partial charge in [-0.2, -0.15) is 4.99 Å². The fourth-order valence-electron chi connectivity index (χ4n) is 0.811. The number of isocyanates is 1. The zero-order valence-corrected chi connectivity index (χ0v) is 6.53. The van der Waals surface area contributed by atoms with Crippen LogP contribution < -0.4 is 0 Å². The summed E-state index contributed by atoms with van der Waals surface area (Å²) in [6.07, 6.45) is 1.01. The van der Waals surface area contributed by atoms with Gasteiger partial charge in [0.25, 0.3) is 5.69 Å². The molecule has 0 aliphatic carbocycles. The minimum Gasteiger partial charge on any atom is -0.258 e. The average molecular weight is 200 g/mol. The first-order chi connectivity index (χ1) is 6.56. The maximum Gasteiger partial charge on any atom is 0.298 e. The molecule has 0 fully saturated rings. The molecule has 0 amide bonds. The summed E-state index contributed by atoms with van der Waals surface area (Å²) >= 11 is 0. The predicted octanol–water partition coefficient (Wildman–Crippen LogP) is 1.84. The molecule has 7 heteroatoms. The van der Waals surface area contributed by atoms with E-state index in [2.05, 4.69) is 4.99 Å². The minimum absolute atomic E-state index is 0.353. The van der Waals surface area contributed by atoms with E-state index in [1.165, 1.54) is 0 Å². The van der Waals surface area contributed by atoms with Crippen molar-refractivity contribution in [2.45, 2.75) is 0 Å². The lowest BCUT2D eigenvalue weighted by molar-refractivity contribution is -0.384. The molecule has 0 unspecified atom stereocenters. The minimum atomic E-state index is -1.37. The van der Waals surface area contributed by atoms with Crippen molar-refractivity contribution in [2.75, 3.05) is 0 Å². The Labute approximate surface area is 75.8 Å². The van der Waals surface area contributed by atoms with Crippen molar-refractivity contribution in [1.82, 2.24) is 0 Å². The van der Waals surface area contributed by atoms with Gasteiger partial charge in [-0.05, 0) is 0 Å². The highest BCUT2D eigenvalue weighted by molar-refractivity contribution is 5.61. The molecule has 0 aromatic heterocycles. The van der Waals surface area contributed by atoms with Crippen LogP contribution in [0.25, 0.3) is 0 Å². The van der Waals surface area contributed by atoms with Gasteiger partial charge in [0.2, 0.25) is 6.08 Å². The molecule has 0 bridgehead atoms. The topological polar surface area (TPSA) is 72.6 Å². The van der Waals surface area contributed by atoms with Gasteiger partial charge in [0.1, 0.15) is 0 Å². The van der Waals surface area contributed by atoms with E-state index in [0.29, 0.717) is 12.1 Å². The Morgan fingerprint density at radius 1 is 1.36 bits per heavy atom. The second-order valence-electron chi connectivity index (χ2n) is 2.22. The first kappa shape index (κ1) is 9.94. The fraction of sp³-hybridized carbons (Fsp3) is 0. The maximum absolute atomic E-state index is 12.6. The Morgan fingerprint density at radius 2 is 1.93 bits per heavy atom. The number of hydrogen-bond donors (Lipinski definition) is 0. The number of nitrogens with zero attached hydrogens (tertiary/aromatic N) is 2. The van der Waals surface area contributed by atoms with Crippen molar-refractivity contribution in [1.29, 1.82) is 0 Å². The number of nitro groups is 1. The third kappa shape index (κ3) is 1.78. The molecule has 1 rings (SSSR count). The van der Waals surface area contributed by atoms with Crippen LogP contribution in [0.5, 0.6) is 0 Å². The molecule has 0 N–H and O–H groups in total. The van der Waals surface area contributed by atoms with Gasteiger partial charge in [-0.25, -0.2) is 13.6 Å². The molecule has 0 spiro atoms. The first-order valence-corrected chi connectivity index (χ1v) is 3.27. The third-order valence-electron chi connectivity index (χ3n) is 1.38. The zero-order valence-electron chi connectivity index (χ0n) is 6.53. The molecule has 0 aliphatic rings. The number of nitro benzene ring substituents is 1. The monoisotopic (exact) mass is 200 g/mol. The van der Waals surface area contributed by atoms with Crippen LogP contribution in [0.15, 0.2) is 17.1 Å². The smallest absolute Gasteiger partial charge is 0.258 e. The third-order valence-corrected chi connectivity index (χ3v) is 1.38. The highest BCUT2D eigenvalue weighted by Gasteiger charge is 2.18. The molecular formula is C7H2F2N2O3. The summed E-state index contributed by atoms with van der Waals surface area (Å²) in [5, 5.41) is 10.3. The van der Waals surface area contributed by atoms with Crippen molar-refractivity contribution in [3.05, 3.63) is 33.9 Å². The summed E-state index contributed by atoms with van der Waals surface area (Å²) in [6, 6.07) is 0.809. The van der Waals surface area contributed by atoms with E-state index in [0.717, 1.165) is 6.08 Å². The number of halogens is 2. The molecule has 0 radical (unpaired) electrons. The number of carbonyl (C=O) groups excluding carboxylic acids is 1. The van der Waals surface area contributed by atoms with Crippen LogP contribution in [-0.4, -0.2) is 11.0 Å². The van der Waals surface area contributed by atoms with E-state index < -0.39 is 27.9 Å². The summed E-state index contributed by atoms with van der Waals surface area (Å²) in [5.74, 6) is -2.69. The molecule has 14 heavy (non-hydrogen) atoms. The first-order valence-electron chi connectivity index (χ1n) is 3.27. The zero-order chi connectivity index (χ0) is 10.7. The van der Waals surface area contributed by atoms with E-state index in [9.17, 15) is 23.7 Å². The Hall–Kier alpha value is -2.14. The number of aliphatic imine (C=N–C) groups is 1. The molecule has 0 aliphatic heterocycles. The maximum atomic E-state index is 12.6. The summed E-state index contributed by atoms with van der Waals surface area (Å²) in [4.78, 5) is 22.0. The van der Waals surface area contributed by atoms with Gasteiger partial charge in [-0.15, -0.1) is 0 Å². The normalized spacial score (nSPS) is 9.29. The van der Waals surface area contributed by atoms with E-state index in [-0.39, 0.29) is 0 Å². The van der Waals surface area contributed by atoms with Gasteiger partial charge in [-0.1, -0.05) is 0 Å². The fourth-order valence-corrected chi connectivity index (χ4v) is 0.811. The van der Waals surface area contributed by atoms with Crippen molar-refractivity contribution in [3.63, 3.8) is 0 Å². The predicted molar refractivity (Wildman–Crippen MR) is 40.8 cm³/mol. The highest BCUT2D eigenvalue weighted by atomic mass is 19.2. The molecule has 0 saturated carbocycles. The van der Waals surface area contributed by atoms with Crippen molar-refractivity contribution >= 4 is 17.5 Å². The Balaban J connectivity index is 3.45. The number of hydrogen-bond acceptors (Lipinski definition) is 4. The lowest BCUT2D eigenvalue weighted by atomic mass is 10.2. The van der Waals surface area contributed by atoms with Crippen LogP contribution >= 0.6 is 0 Å². The van der Waals surface area contributed by atoms with Crippen molar-refractivity contribution in [2.24, 2.45) is 4.99 Å². The average Bonchev–Trinajstić information content (AvgIpc) is 2.11. The summed E-state index contributed by atoms with van der Waals surface area (Å²) in [5.41, 5.74) is -1.35. The molecule has 72 valence electrons. The Kier molecular flexibility index (Phi) is 2.64. The van der Waals surface area contributed by atoms with E-state index in [1.54, 1.807) is 0 Å². The van der Waals surface area contributed by atoms with Gasteiger partial charge >= 0.3 is 0 Å². The Bertz CT molecular complexity index is 414. The molecule has 0 heterocycles. The van der Waals surface area contributed by atoms with Crippen LogP contribution in [0, 0.1) is 21.7 Å². The lowest BCUT2D eigenvalue weighted by Crippen LogP contribution is -1.92. The van der Waals surface area contributed by atoms with Gasteiger partial charge < -0.3 is 0 Å². The van der Waals surface area contributed by atoms with Gasteiger partial charge in [-0.3, -0.25) is 10.1 Å². The summed E-state index contributed by atoms with van der Waals surface area (Å²) in [6.45, 7) is 0. The van der Waals surface area contributed by atoms with Gasteiger partial charge in [0, 0.05) is 6.07 Å². The van der Waals surface area contributed by atoms with Crippen LogP contribution in [0.4, 0.5) is 20.2 Å². The van der Waals surface area contributed by atoms with Crippen LogP contribution in [-0.2, 0) is 4.79 Å². The van der Waals surface area contributed by atoms with Crippen molar-refractivity contribution < 1.29 is 18.5 Å². The van der Waals surface area contributed by atoms with Gasteiger partial charge in [0.15, 0.2) is 17.3 Å². The van der Waals surface area contributed by atoms with Crippen LogP contribution in [0.3, 0.4) is 0 Å². The van der Waals surface area contributed by atoms with Crippen LogP contribution in [0.1, 0.15) is 0 Å². The summed E-state index contributed by atoms with van der Waals surface area (Å²) < 4.78 is 25.1.